The Kier molecular flexibility index (Phi) is 4.18. The molecule has 5 nitrogen and oxygen atoms in total. The van der Waals surface area contributed by atoms with Crippen LogP contribution in [0, 0.1) is 0 Å². The number of aromatic nitrogens is 2. The van der Waals surface area contributed by atoms with Crippen LogP contribution in [0.25, 0.3) is 0 Å². The van der Waals surface area contributed by atoms with Crippen molar-refractivity contribution in [3.05, 3.63) is 47.7 Å². The molecule has 1 atom stereocenters. The van der Waals surface area contributed by atoms with Crippen molar-refractivity contribution >= 4 is 11.7 Å². The van der Waals surface area contributed by atoms with E-state index in [1.54, 1.807) is 0 Å². The fourth-order valence-electron chi connectivity index (χ4n) is 1.92. The van der Waals surface area contributed by atoms with E-state index >= 15 is 0 Å². The van der Waals surface area contributed by atoms with Crippen LogP contribution in [0.2, 0.25) is 0 Å². The quantitative estimate of drug-likeness (QED) is 0.766. The number of benzene rings is 1. The first-order valence-electron chi connectivity index (χ1n) is 6.30. The Hall–Kier alpha value is -2.30. The van der Waals surface area contributed by atoms with Crippen LogP contribution in [-0.4, -0.2) is 22.6 Å². The lowest BCUT2D eigenvalue weighted by Gasteiger charge is -2.12. The number of nitrogens with two attached hydrogens (primary N) is 1. The maximum atomic E-state index is 11.8. The molecule has 0 spiro atoms. The maximum Gasteiger partial charge on any atom is 0.256 e. The molecule has 4 N–H and O–H groups in total. The highest BCUT2D eigenvalue weighted by Crippen LogP contribution is 2.17. The molecule has 19 heavy (non-hydrogen) atoms. The summed E-state index contributed by atoms with van der Waals surface area (Å²) in [4.78, 5) is 11.8. The monoisotopic (exact) mass is 258 g/mol. The number of hydrogen-bond donors (Lipinski definition) is 3. The standard InChI is InChI=1S/C14H18N4O/c1-10(11-5-3-2-4-6-11)7-8-16-14(19)12-9-17-18-13(12)15/h2-6,9-10H,7-8H2,1H3,(H,16,19)(H3,15,17,18). The van der Waals surface area contributed by atoms with E-state index in [0.717, 1.165) is 6.42 Å². The minimum Gasteiger partial charge on any atom is -0.383 e. The van der Waals surface area contributed by atoms with Gasteiger partial charge in [0.25, 0.3) is 5.91 Å². The third kappa shape index (κ3) is 3.34. The number of anilines is 1. The third-order valence-electron chi connectivity index (χ3n) is 3.14. The number of carbonyl (C=O) groups is 1. The highest BCUT2D eigenvalue weighted by atomic mass is 16.1. The number of rotatable bonds is 5. The second-order valence-electron chi connectivity index (χ2n) is 4.55. The minimum absolute atomic E-state index is 0.188. The summed E-state index contributed by atoms with van der Waals surface area (Å²) in [6.07, 6.45) is 2.32. The average molecular weight is 258 g/mol. The summed E-state index contributed by atoms with van der Waals surface area (Å²) in [7, 11) is 0. The molecule has 0 aliphatic heterocycles. The molecular weight excluding hydrogens is 240 g/mol. The van der Waals surface area contributed by atoms with Crippen molar-refractivity contribution < 1.29 is 4.79 Å². The van der Waals surface area contributed by atoms with E-state index in [9.17, 15) is 4.79 Å². The predicted molar refractivity (Wildman–Crippen MR) is 74.8 cm³/mol. The molecule has 0 saturated carbocycles. The van der Waals surface area contributed by atoms with Crippen molar-refractivity contribution in [2.45, 2.75) is 19.3 Å². The minimum atomic E-state index is -0.188. The molecule has 0 fully saturated rings. The summed E-state index contributed by atoms with van der Waals surface area (Å²) >= 11 is 0. The molecule has 0 bridgehead atoms. The molecule has 1 unspecified atom stereocenters. The summed E-state index contributed by atoms with van der Waals surface area (Å²) in [5.74, 6) is 0.517. The Morgan fingerprint density at radius 1 is 1.42 bits per heavy atom. The predicted octanol–water partition coefficient (Wildman–Crippen LogP) is 1.92. The highest BCUT2D eigenvalue weighted by molar-refractivity contribution is 5.98. The molecule has 1 aromatic heterocycles. The SMILES string of the molecule is CC(CCNC(=O)c1cn[nH]c1N)c1ccccc1. The Labute approximate surface area is 112 Å². The van der Waals surface area contributed by atoms with Crippen LogP contribution in [0.5, 0.6) is 0 Å². The molecular formula is C14H18N4O. The number of nitrogens with zero attached hydrogens (tertiary/aromatic N) is 1. The van der Waals surface area contributed by atoms with Gasteiger partial charge in [-0.05, 0) is 17.9 Å². The van der Waals surface area contributed by atoms with Gasteiger partial charge in [-0.15, -0.1) is 0 Å². The maximum absolute atomic E-state index is 11.8. The van der Waals surface area contributed by atoms with Crippen LogP contribution in [0.1, 0.15) is 35.2 Å². The van der Waals surface area contributed by atoms with Gasteiger partial charge in [0.15, 0.2) is 0 Å². The van der Waals surface area contributed by atoms with Crippen LogP contribution < -0.4 is 11.1 Å². The van der Waals surface area contributed by atoms with Gasteiger partial charge in [-0.3, -0.25) is 9.89 Å². The average Bonchev–Trinajstić information content (AvgIpc) is 2.86. The van der Waals surface area contributed by atoms with E-state index in [2.05, 4.69) is 34.6 Å². The first kappa shape index (κ1) is 13.1. The molecule has 1 amide bonds. The summed E-state index contributed by atoms with van der Waals surface area (Å²) in [6.45, 7) is 2.76. The van der Waals surface area contributed by atoms with Crippen LogP contribution in [0.3, 0.4) is 0 Å². The number of nitrogen functional groups attached to an aromatic ring is 1. The van der Waals surface area contributed by atoms with Crippen molar-refractivity contribution in [1.29, 1.82) is 0 Å². The largest absolute Gasteiger partial charge is 0.383 e. The lowest BCUT2D eigenvalue weighted by Crippen LogP contribution is -2.25. The highest BCUT2D eigenvalue weighted by Gasteiger charge is 2.11. The molecule has 1 heterocycles. The van der Waals surface area contributed by atoms with E-state index in [-0.39, 0.29) is 5.91 Å². The van der Waals surface area contributed by atoms with Crippen molar-refractivity contribution in [3.8, 4) is 0 Å². The molecule has 2 rings (SSSR count). The number of carbonyl (C=O) groups excluding carboxylic acids is 1. The smallest absolute Gasteiger partial charge is 0.256 e. The molecule has 5 heteroatoms. The first-order chi connectivity index (χ1) is 9.18. The van der Waals surface area contributed by atoms with Crippen molar-refractivity contribution in [3.63, 3.8) is 0 Å². The summed E-state index contributed by atoms with van der Waals surface area (Å²) in [5, 5.41) is 9.11. The fourth-order valence-corrected chi connectivity index (χ4v) is 1.92. The zero-order chi connectivity index (χ0) is 13.7. The lowest BCUT2D eigenvalue weighted by atomic mass is 9.98. The van der Waals surface area contributed by atoms with Crippen LogP contribution in [0.15, 0.2) is 36.5 Å². The normalized spacial score (nSPS) is 12.1. The number of nitrogens with one attached hydrogen (secondary N) is 2. The van der Waals surface area contributed by atoms with Gasteiger partial charge < -0.3 is 11.1 Å². The van der Waals surface area contributed by atoms with Gasteiger partial charge in [-0.1, -0.05) is 37.3 Å². The third-order valence-corrected chi connectivity index (χ3v) is 3.14. The van der Waals surface area contributed by atoms with Crippen LogP contribution in [0.4, 0.5) is 5.82 Å². The zero-order valence-electron chi connectivity index (χ0n) is 10.9. The summed E-state index contributed by atoms with van der Waals surface area (Å²) in [5.41, 5.74) is 7.26. The van der Waals surface area contributed by atoms with E-state index in [0.29, 0.717) is 23.8 Å². The van der Waals surface area contributed by atoms with Gasteiger partial charge in [-0.2, -0.15) is 5.10 Å². The molecule has 0 saturated heterocycles. The molecule has 0 aliphatic carbocycles. The second-order valence-corrected chi connectivity index (χ2v) is 4.55. The summed E-state index contributed by atoms with van der Waals surface area (Å²) in [6, 6.07) is 10.2. The van der Waals surface area contributed by atoms with Gasteiger partial charge in [0.1, 0.15) is 11.4 Å². The van der Waals surface area contributed by atoms with E-state index < -0.39 is 0 Å². The number of aromatic amines is 1. The topological polar surface area (TPSA) is 83.8 Å². The Balaban J connectivity index is 1.81. The fraction of sp³-hybridized carbons (Fsp3) is 0.286. The Morgan fingerprint density at radius 2 is 2.16 bits per heavy atom. The van der Waals surface area contributed by atoms with Gasteiger partial charge in [0.05, 0.1) is 6.20 Å². The van der Waals surface area contributed by atoms with Gasteiger partial charge in [0, 0.05) is 6.54 Å². The van der Waals surface area contributed by atoms with Crippen LogP contribution >= 0.6 is 0 Å². The molecule has 0 radical (unpaired) electrons. The zero-order valence-corrected chi connectivity index (χ0v) is 10.9. The molecule has 1 aromatic carbocycles. The number of hydrogen-bond acceptors (Lipinski definition) is 3. The van der Waals surface area contributed by atoms with Gasteiger partial charge >= 0.3 is 0 Å². The molecule has 100 valence electrons. The van der Waals surface area contributed by atoms with Gasteiger partial charge in [0.2, 0.25) is 0 Å². The second kappa shape index (κ2) is 6.04. The molecule has 0 aliphatic rings. The summed E-state index contributed by atoms with van der Waals surface area (Å²) < 4.78 is 0. The number of amides is 1. The Bertz CT molecular complexity index is 535. The van der Waals surface area contributed by atoms with Crippen molar-refractivity contribution in [2.24, 2.45) is 0 Å². The number of H-pyrrole nitrogens is 1. The molecule has 2 aromatic rings. The lowest BCUT2D eigenvalue weighted by molar-refractivity contribution is 0.0953. The van der Waals surface area contributed by atoms with E-state index in [1.165, 1.54) is 11.8 Å². The van der Waals surface area contributed by atoms with Crippen molar-refractivity contribution in [2.75, 3.05) is 12.3 Å². The van der Waals surface area contributed by atoms with Crippen molar-refractivity contribution in [1.82, 2.24) is 15.5 Å². The Morgan fingerprint density at radius 3 is 2.79 bits per heavy atom. The van der Waals surface area contributed by atoms with E-state index in [4.69, 9.17) is 5.73 Å². The van der Waals surface area contributed by atoms with Gasteiger partial charge in [-0.25, -0.2) is 0 Å². The first-order valence-corrected chi connectivity index (χ1v) is 6.30. The van der Waals surface area contributed by atoms with E-state index in [1.807, 2.05) is 18.2 Å². The van der Waals surface area contributed by atoms with Crippen LogP contribution in [-0.2, 0) is 0 Å².